The molecular weight excluding hydrogens is 224 g/mol. The lowest BCUT2D eigenvalue weighted by Gasteiger charge is -2.26. The fourth-order valence-electron chi connectivity index (χ4n) is 1.57. The van der Waals surface area contributed by atoms with Gasteiger partial charge in [-0.05, 0) is 24.7 Å². The lowest BCUT2D eigenvalue weighted by Crippen LogP contribution is -2.40. The van der Waals surface area contributed by atoms with Crippen LogP contribution in [0.15, 0.2) is 24.3 Å². The Hall–Kier alpha value is -0.610. The van der Waals surface area contributed by atoms with E-state index >= 15 is 0 Å². The lowest BCUT2D eigenvalue weighted by atomic mass is 10.2. The van der Waals surface area contributed by atoms with Crippen LogP contribution in [0.1, 0.15) is 5.56 Å². The molecule has 4 heteroatoms. The van der Waals surface area contributed by atoms with Crippen molar-refractivity contribution in [2.45, 2.75) is 12.6 Å². The molecule has 0 aliphatic carbocycles. The van der Waals surface area contributed by atoms with Crippen LogP contribution in [0.2, 0.25) is 5.02 Å². The minimum Gasteiger partial charge on any atom is -0.383 e. The summed E-state index contributed by atoms with van der Waals surface area (Å²) in [5.74, 6) is 0. The van der Waals surface area contributed by atoms with Gasteiger partial charge in [-0.1, -0.05) is 23.7 Å². The number of nitrogens with zero attached hydrogens (tertiary/aromatic N) is 1. The molecule has 1 aromatic rings. The molecule has 1 aromatic carbocycles. The first-order valence-corrected chi connectivity index (χ1v) is 5.69. The number of nitrogens with two attached hydrogens (primary N) is 1. The van der Waals surface area contributed by atoms with Crippen LogP contribution in [-0.2, 0) is 11.3 Å². The monoisotopic (exact) mass is 242 g/mol. The van der Waals surface area contributed by atoms with Gasteiger partial charge in [0.05, 0.1) is 6.61 Å². The molecule has 0 aromatic heterocycles. The third-order valence-electron chi connectivity index (χ3n) is 2.60. The quantitative estimate of drug-likeness (QED) is 0.826. The van der Waals surface area contributed by atoms with Crippen LogP contribution in [0.4, 0.5) is 0 Å². The van der Waals surface area contributed by atoms with Crippen molar-refractivity contribution >= 4 is 11.6 Å². The average molecular weight is 243 g/mol. The van der Waals surface area contributed by atoms with Gasteiger partial charge in [0.2, 0.25) is 0 Å². The second kappa shape index (κ2) is 6.86. The maximum absolute atomic E-state index is 5.83. The van der Waals surface area contributed by atoms with Gasteiger partial charge in [0.15, 0.2) is 0 Å². The first kappa shape index (κ1) is 13.5. The summed E-state index contributed by atoms with van der Waals surface area (Å²) in [6, 6.07) is 8.11. The molecule has 3 nitrogen and oxygen atoms in total. The molecule has 0 spiro atoms. The molecule has 0 saturated heterocycles. The molecule has 1 atom stereocenters. The van der Waals surface area contributed by atoms with E-state index in [-0.39, 0.29) is 6.04 Å². The smallest absolute Gasteiger partial charge is 0.0630 e. The molecule has 2 N–H and O–H groups in total. The molecule has 16 heavy (non-hydrogen) atoms. The largest absolute Gasteiger partial charge is 0.383 e. The van der Waals surface area contributed by atoms with Crippen LogP contribution >= 0.6 is 11.6 Å². The zero-order valence-corrected chi connectivity index (χ0v) is 10.6. The van der Waals surface area contributed by atoms with Gasteiger partial charge >= 0.3 is 0 Å². The summed E-state index contributed by atoms with van der Waals surface area (Å²) in [5.41, 5.74) is 6.92. The molecule has 0 radical (unpaired) electrons. The Kier molecular flexibility index (Phi) is 5.77. The number of rotatable bonds is 6. The van der Waals surface area contributed by atoms with Gasteiger partial charge in [-0.15, -0.1) is 0 Å². The zero-order chi connectivity index (χ0) is 12.0. The molecule has 0 amide bonds. The van der Waals surface area contributed by atoms with E-state index in [1.54, 1.807) is 7.11 Å². The highest BCUT2D eigenvalue weighted by Gasteiger charge is 2.12. The normalized spacial score (nSPS) is 13.1. The molecule has 1 unspecified atom stereocenters. The molecule has 0 aliphatic rings. The van der Waals surface area contributed by atoms with Gasteiger partial charge in [0.1, 0.15) is 0 Å². The third kappa shape index (κ3) is 4.10. The van der Waals surface area contributed by atoms with E-state index in [0.29, 0.717) is 13.2 Å². The summed E-state index contributed by atoms with van der Waals surface area (Å²) in [7, 11) is 3.74. The number of halogens is 1. The van der Waals surface area contributed by atoms with Crippen molar-refractivity contribution in [3.63, 3.8) is 0 Å². The zero-order valence-electron chi connectivity index (χ0n) is 9.82. The van der Waals surface area contributed by atoms with Crippen molar-refractivity contribution in [3.8, 4) is 0 Å². The number of likely N-dealkylation sites (N-methyl/N-ethyl adjacent to an activating group) is 1. The van der Waals surface area contributed by atoms with Gasteiger partial charge in [-0.25, -0.2) is 0 Å². The average Bonchev–Trinajstić information content (AvgIpc) is 2.29. The SMILES string of the molecule is COCC(CN)N(C)Cc1ccc(Cl)cc1. The van der Waals surface area contributed by atoms with Gasteiger partial charge < -0.3 is 10.5 Å². The second-order valence-electron chi connectivity index (χ2n) is 3.89. The van der Waals surface area contributed by atoms with Crippen molar-refractivity contribution in [3.05, 3.63) is 34.9 Å². The van der Waals surface area contributed by atoms with Crippen molar-refractivity contribution in [1.82, 2.24) is 4.90 Å². The van der Waals surface area contributed by atoms with E-state index in [2.05, 4.69) is 4.90 Å². The van der Waals surface area contributed by atoms with Crippen LogP contribution in [0.3, 0.4) is 0 Å². The summed E-state index contributed by atoms with van der Waals surface area (Å²) in [6.45, 7) is 2.10. The van der Waals surface area contributed by atoms with E-state index in [1.807, 2.05) is 31.3 Å². The van der Waals surface area contributed by atoms with Crippen LogP contribution in [0.25, 0.3) is 0 Å². The number of methoxy groups -OCH3 is 1. The Balaban J connectivity index is 2.55. The standard InChI is InChI=1S/C12H19ClN2O/c1-15(12(7-14)9-16-2)8-10-3-5-11(13)6-4-10/h3-6,12H,7-9,14H2,1-2H3. The molecule has 90 valence electrons. The van der Waals surface area contributed by atoms with Gasteiger partial charge in [-0.3, -0.25) is 4.90 Å². The van der Waals surface area contributed by atoms with Crippen LogP contribution in [0, 0.1) is 0 Å². The Morgan fingerprint density at radius 2 is 2.00 bits per heavy atom. The van der Waals surface area contributed by atoms with Crippen LogP contribution < -0.4 is 5.73 Å². The topological polar surface area (TPSA) is 38.5 Å². The van der Waals surface area contributed by atoms with Gasteiger partial charge in [0.25, 0.3) is 0 Å². The van der Waals surface area contributed by atoms with Gasteiger partial charge in [0, 0.05) is 31.3 Å². The molecular formula is C12H19ClN2O. The summed E-state index contributed by atoms with van der Waals surface area (Å²) in [4.78, 5) is 2.19. The highest BCUT2D eigenvalue weighted by Crippen LogP contribution is 2.11. The fraction of sp³-hybridized carbons (Fsp3) is 0.500. The summed E-state index contributed by atoms with van der Waals surface area (Å²) in [5, 5.41) is 0.763. The van der Waals surface area contributed by atoms with Crippen molar-refractivity contribution in [2.24, 2.45) is 5.73 Å². The first-order valence-electron chi connectivity index (χ1n) is 5.31. The van der Waals surface area contributed by atoms with Crippen LogP contribution in [0.5, 0.6) is 0 Å². The molecule has 0 fully saturated rings. The van der Waals surface area contributed by atoms with Crippen LogP contribution in [-0.4, -0.2) is 38.3 Å². The Morgan fingerprint density at radius 1 is 1.38 bits per heavy atom. The summed E-state index contributed by atoms with van der Waals surface area (Å²) >= 11 is 5.83. The third-order valence-corrected chi connectivity index (χ3v) is 2.85. The van der Waals surface area contributed by atoms with E-state index in [9.17, 15) is 0 Å². The van der Waals surface area contributed by atoms with E-state index in [1.165, 1.54) is 5.56 Å². The fourth-order valence-corrected chi connectivity index (χ4v) is 1.70. The minimum absolute atomic E-state index is 0.251. The number of benzene rings is 1. The molecule has 0 aliphatic heterocycles. The van der Waals surface area contributed by atoms with E-state index in [0.717, 1.165) is 11.6 Å². The number of hydrogen-bond donors (Lipinski definition) is 1. The van der Waals surface area contributed by atoms with Crippen molar-refractivity contribution < 1.29 is 4.74 Å². The first-order chi connectivity index (χ1) is 7.67. The molecule has 1 rings (SSSR count). The van der Waals surface area contributed by atoms with E-state index < -0.39 is 0 Å². The van der Waals surface area contributed by atoms with Crippen molar-refractivity contribution in [1.29, 1.82) is 0 Å². The molecule has 0 heterocycles. The maximum atomic E-state index is 5.83. The predicted molar refractivity (Wildman–Crippen MR) is 67.6 cm³/mol. The highest BCUT2D eigenvalue weighted by atomic mass is 35.5. The summed E-state index contributed by atoms with van der Waals surface area (Å²) < 4.78 is 5.13. The lowest BCUT2D eigenvalue weighted by molar-refractivity contribution is 0.106. The predicted octanol–water partition coefficient (Wildman–Crippen LogP) is 1.75. The second-order valence-corrected chi connectivity index (χ2v) is 4.32. The molecule has 0 saturated carbocycles. The number of ether oxygens (including phenoxy) is 1. The van der Waals surface area contributed by atoms with E-state index in [4.69, 9.17) is 22.1 Å². The Labute approximate surface area is 102 Å². The Bertz CT molecular complexity index is 302. The minimum atomic E-state index is 0.251. The maximum Gasteiger partial charge on any atom is 0.0630 e. The summed E-state index contributed by atoms with van der Waals surface area (Å²) in [6.07, 6.45) is 0. The van der Waals surface area contributed by atoms with Gasteiger partial charge in [-0.2, -0.15) is 0 Å². The Morgan fingerprint density at radius 3 is 2.50 bits per heavy atom. The van der Waals surface area contributed by atoms with Crippen molar-refractivity contribution in [2.75, 3.05) is 27.3 Å². The number of hydrogen-bond acceptors (Lipinski definition) is 3. The molecule has 0 bridgehead atoms. The highest BCUT2D eigenvalue weighted by molar-refractivity contribution is 6.30.